The van der Waals surface area contributed by atoms with E-state index in [-0.39, 0.29) is 11.9 Å². The number of anilines is 1. The van der Waals surface area contributed by atoms with Crippen molar-refractivity contribution in [2.24, 2.45) is 0 Å². The van der Waals surface area contributed by atoms with E-state index in [1.807, 2.05) is 31.7 Å². The molecule has 138 valence electrons. The van der Waals surface area contributed by atoms with Gasteiger partial charge in [0, 0.05) is 45.3 Å². The van der Waals surface area contributed by atoms with Gasteiger partial charge >= 0.3 is 6.09 Å². The first-order valence-electron chi connectivity index (χ1n) is 8.58. The quantitative estimate of drug-likeness (QED) is 0.908. The summed E-state index contributed by atoms with van der Waals surface area (Å²) < 4.78 is 5.20. The van der Waals surface area contributed by atoms with Crippen LogP contribution in [0.5, 0.6) is 0 Å². The van der Waals surface area contributed by atoms with Crippen molar-refractivity contribution in [1.29, 1.82) is 0 Å². The van der Waals surface area contributed by atoms with Crippen molar-refractivity contribution < 1.29 is 14.3 Å². The van der Waals surface area contributed by atoms with E-state index in [1.165, 1.54) is 0 Å². The molecular weight excluding hydrogens is 320 g/mol. The third-order valence-corrected chi connectivity index (χ3v) is 3.98. The molecule has 2 rings (SSSR count). The summed E-state index contributed by atoms with van der Waals surface area (Å²) in [5.74, 6) is 0.596. The standard InChI is InChI=1S/C18H28N4O3/c1-13-11-21(8-9-22(13)14(2)23)12-15-6-7-16(19-10-15)20-17(24)25-18(3,4)5/h6-7,10,13H,8-9,11-12H2,1-5H3,(H,19,20,24). The van der Waals surface area contributed by atoms with Gasteiger partial charge in [-0.2, -0.15) is 0 Å². The molecule has 1 unspecified atom stereocenters. The number of nitrogens with zero attached hydrogens (tertiary/aromatic N) is 3. The van der Waals surface area contributed by atoms with E-state index >= 15 is 0 Å². The molecule has 2 heterocycles. The van der Waals surface area contributed by atoms with E-state index in [0.29, 0.717) is 5.82 Å². The normalized spacial score (nSPS) is 18.8. The molecule has 1 N–H and O–H groups in total. The number of piperazine rings is 1. The molecule has 25 heavy (non-hydrogen) atoms. The lowest BCUT2D eigenvalue weighted by Gasteiger charge is -2.39. The van der Waals surface area contributed by atoms with E-state index in [2.05, 4.69) is 22.1 Å². The second-order valence-electron chi connectivity index (χ2n) is 7.48. The van der Waals surface area contributed by atoms with Crippen LogP contribution in [0.2, 0.25) is 0 Å². The van der Waals surface area contributed by atoms with Gasteiger partial charge in [0.15, 0.2) is 0 Å². The van der Waals surface area contributed by atoms with Crippen molar-refractivity contribution in [2.45, 2.75) is 52.8 Å². The lowest BCUT2D eigenvalue weighted by Crippen LogP contribution is -2.52. The molecule has 0 aromatic carbocycles. The van der Waals surface area contributed by atoms with Crippen molar-refractivity contribution in [3.05, 3.63) is 23.9 Å². The van der Waals surface area contributed by atoms with Gasteiger partial charge in [-0.05, 0) is 39.3 Å². The lowest BCUT2D eigenvalue weighted by atomic mass is 10.1. The highest BCUT2D eigenvalue weighted by Crippen LogP contribution is 2.15. The van der Waals surface area contributed by atoms with Crippen LogP contribution >= 0.6 is 0 Å². The van der Waals surface area contributed by atoms with Gasteiger partial charge in [0.2, 0.25) is 5.91 Å². The number of pyridine rings is 1. The number of aromatic nitrogens is 1. The fraction of sp³-hybridized carbons (Fsp3) is 0.611. The summed E-state index contributed by atoms with van der Waals surface area (Å²) in [6.45, 7) is 12.4. The number of hydrogen-bond acceptors (Lipinski definition) is 5. The molecule has 1 aliphatic heterocycles. The van der Waals surface area contributed by atoms with Gasteiger partial charge in [-0.3, -0.25) is 15.0 Å². The van der Waals surface area contributed by atoms with Gasteiger partial charge in [0.25, 0.3) is 0 Å². The Labute approximate surface area is 149 Å². The minimum absolute atomic E-state index is 0.131. The minimum atomic E-state index is -0.539. The molecular formula is C18H28N4O3. The number of rotatable bonds is 3. The molecule has 0 saturated carbocycles. The Kier molecular flexibility index (Phi) is 6.00. The summed E-state index contributed by atoms with van der Waals surface area (Å²) in [4.78, 5) is 31.8. The molecule has 1 aromatic rings. The van der Waals surface area contributed by atoms with E-state index in [9.17, 15) is 9.59 Å². The van der Waals surface area contributed by atoms with Crippen LogP contribution in [0.15, 0.2) is 18.3 Å². The molecule has 0 aliphatic carbocycles. The van der Waals surface area contributed by atoms with Gasteiger partial charge < -0.3 is 9.64 Å². The van der Waals surface area contributed by atoms with E-state index in [0.717, 1.165) is 31.7 Å². The summed E-state index contributed by atoms with van der Waals surface area (Å²) in [6.07, 6.45) is 1.25. The predicted octanol–water partition coefficient (Wildman–Crippen LogP) is 2.48. The zero-order chi connectivity index (χ0) is 18.6. The fourth-order valence-corrected chi connectivity index (χ4v) is 2.90. The predicted molar refractivity (Wildman–Crippen MR) is 96.2 cm³/mol. The van der Waals surface area contributed by atoms with Gasteiger partial charge in [-0.25, -0.2) is 9.78 Å². The highest BCUT2D eigenvalue weighted by atomic mass is 16.6. The number of carbonyl (C=O) groups excluding carboxylic acids is 2. The summed E-state index contributed by atoms with van der Waals surface area (Å²) >= 11 is 0. The van der Waals surface area contributed by atoms with Crippen molar-refractivity contribution >= 4 is 17.8 Å². The molecule has 1 aromatic heterocycles. The van der Waals surface area contributed by atoms with Crippen LogP contribution in [-0.2, 0) is 16.1 Å². The summed E-state index contributed by atoms with van der Waals surface area (Å²) in [7, 11) is 0. The largest absolute Gasteiger partial charge is 0.444 e. The number of hydrogen-bond donors (Lipinski definition) is 1. The molecule has 7 nitrogen and oxygen atoms in total. The third-order valence-electron chi connectivity index (χ3n) is 3.98. The van der Waals surface area contributed by atoms with E-state index < -0.39 is 11.7 Å². The summed E-state index contributed by atoms with van der Waals surface area (Å²) in [5.41, 5.74) is 0.529. The number of nitrogens with one attached hydrogen (secondary N) is 1. The molecule has 0 spiro atoms. The fourth-order valence-electron chi connectivity index (χ4n) is 2.90. The maximum Gasteiger partial charge on any atom is 0.413 e. The molecule has 1 aliphatic rings. The van der Waals surface area contributed by atoms with Crippen LogP contribution in [0.25, 0.3) is 0 Å². The van der Waals surface area contributed by atoms with Crippen LogP contribution in [-0.4, -0.2) is 58.1 Å². The number of ether oxygens (including phenoxy) is 1. The maximum atomic E-state index is 11.7. The first kappa shape index (κ1) is 19.2. The average molecular weight is 348 g/mol. The zero-order valence-electron chi connectivity index (χ0n) is 15.7. The molecule has 0 radical (unpaired) electrons. The number of carbonyl (C=O) groups is 2. The highest BCUT2D eigenvalue weighted by molar-refractivity contribution is 5.83. The SMILES string of the molecule is CC(=O)N1CCN(Cc2ccc(NC(=O)OC(C)(C)C)nc2)CC1C. The average Bonchev–Trinajstić information content (AvgIpc) is 2.47. The molecule has 2 amide bonds. The zero-order valence-corrected chi connectivity index (χ0v) is 15.7. The van der Waals surface area contributed by atoms with Crippen LogP contribution in [0.1, 0.15) is 40.2 Å². The second kappa shape index (κ2) is 7.82. The highest BCUT2D eigenvalue weighted by Gasteiger charge is 2.25. The monoisotopic (exact) mass is 348 g/mol. The van der Waals surface area contributed by atoms with Gasteiger partial charge in [-0.1, -0.05) is 6.07 Å². The molecule has 1 fully saturated rings. The Morgan fingerprint density at radius 2 is 2.04 bits per heavy atom. The third kappa shape index (κ3) is 6.01. The Morgan fingerprint density at radius 1 is 1.32 bits per heavy atom. The summed E-state index contributed by atoms with van der Waals surface area (Å²) in [6, 6.07) is 3.93. The maximum absolute atomic E-state index is 11.7. The summed E-state index contributed by atoms with van der Waals surface area (Å²) in [5, 5.41) is 2.62. The second-order valence-corrected chi connectivity index (χ2v) is 7.48. The first-order valence-corrected chi connectivity index (χ1v) is 8.58. The number of amides is 2. The Hall–Kier alpha value is -2.15. The van der Waals surface area contributed by atoms with E-state index in [4.69, 9.17) is 4.74 Å². The molecule has 7 heteroatoms. The van der Waals surface area contributed by atoms with Crippen LogP contribution in [0, 0.1) is 0 Å². The lowest BCUT2D eigenvalue weighted by molar-refractivity contribution is -0.133. The van der Waals surface area contributed by atoms with Crippen molar-refractivity contribution in [1.82, 2.24) is 14.8 Å². The first-order chi connectivity index (χ1) is 11.6. The Balaban J connectivity index is 1.86. The van der Waals surface area contributed by atoms with Gasteiger partial charge in [0.1, 0.15) is 11.4 Å². The van der Waals surface area contributed by atoms with Crippen LogP contribution in [0.3, 0.4) is 0 Å². The van der Waals surface area contributed by atoms with Gasteiger partial charge in [-0.15, -0.1) is 0 Å². The molecule has 1 saturated heterocycles. The Bertz CT molecular complexity index is 610. The van der Waals surface area contributed by atoms with E-state index in [1.54, 1.807) is 19.2 Å². The molecule has 1 atom stereocenters. The van der Waals surface area contributed by atoms with Crippen molar-refractivity contribution in [3.8, 4) is 0 Å². The van der Waals surface area contributed by atoms with Crippen molar-refractivity contribution in [2.75, 3.05) is 25.0 Å². The van der Waals surface area contributed by atoms with Crippen molar-refractivity contribution in [3.63, 3.8) is 0 Å². The minimum Gasteiger partial charge on any atom is -0.444 e. The Morgan fingerprint density at radius 3 is 2.56 bits per heavy atom. The topological polar surface area (TPSA) is 74.8 Å². The van der Waals surface area contributed by atoms with Crippen LogP contribution in [0.4, 0.5) is 10.6 Å². The molecule has 0 bridgehead atoms. The smallest absolute Gasteiger partial charge is 0.413 e. The van der Waals surface area contributed by atoms with Gasteiger partial charge in [0.05, 0.1) is 0 Å². The van der Waals surface area contributed by atoms with Crippen LogP contribution < -0.4 is 5.32 Å².